The van der Waals surface area contributed by atoms with E-state index in [1.165, 1.54) is 6.07 Å². The van der Waals surface area contributed by atoms with Gasteiger partial charge in [-0.2, -0.15) is 0 Å². The number of methoxy groups -OCH3 is 1. The average Bonchev–Trinajstić information content (AvgIpc) is 2.91. The van der Waals surface area contributed by atoms with Gasteiger partial charge in [-0.1, -0.05) is 41.9 Å². The standard InChI is InChI=1S/C27H22ClN5O3S/c1-16-12-18(13-23(28)30-16)25-24(17-6-4-3-5-7-17)33-27-26(32-25)22(34)14-19(31-27)15-29-37(35)21-10-8-20(36-2)9-11-21/h3-14,29H,15H2,1-2H3,(H,31,33,34). The second kappa shape index (κ2) is 10.7. The number of nitrogens with one attached hydrogen (secondary N) is 2. The molecular formula is C27H22ClN5O3S. The lowest BCUT2D eigenvalue weighted by molar-refractivity contribution is 0.414. The summed E-state index contributed by atoms with van der Waals surface area (Å²) in [6.07, 6.45) is 0. The van der Waals surface area contributed by atoms with Crippen molar-refractivity contribution in [2.45, 2.75) is 18.4 Å². The van der Waals surface area contributed by atoms with Gasteiger partial charge >= 0.3 is 0 Å². The van der Waals surface area contributed by atoms with Crippen LogP contribution in [0, 0.1) is 6.92 Å². The number of aryl methyl sites for hydroxylation is 1. The number of nitrogens with zero attached hydrogens (tertiary/aromatic N) is 3. The molecule has 37 heavy (non-hydrogen) atoms. The van der Waals surface area contributed by atoms with Crippen LogP contribution < -0.4 is 14.9 Å². The van der Waals surface area contributed by atoms with Gasteiger partial charge in [-0.05, 0) is 43.3 Å². The van der Waals surface area contributed by atoms with Gasteiger partial charge in [-0.15, -0.1) is 4.72 Å². The quantitative estimate of drug-likeness (QED) is 0.228. The molecule has 3 aromatic heterocycles. The number of aromatic nitrogens is 4. The molecule has 186 valence electrons. The van der Waals surface area contributed by atoms with Crippen LogP contribution in [0.15, 0.2) is 82.5 Å². The van der Waals surface area contributed by atoms with E-state index in [-0.39, 0.29) is 17.5 Å². The number of hydrogen-bond acceptors (Lipinski definition) is 7. The van der Waals surface area contributed by atoms with Crippen molar-refractivity contribution in [1.29, 1.82) is 0 Å². The average molecular weight is 532 g/mol. The third-order valence-electron chi connectivity index (χ3n) is 5.62. The van der Waals surface area contributed by atoms with Crippen molar-refractivity contribution >= 4 is 34.1 Å². The number of halogens is 1. The highest BCUT2D eigenvalue weighted by Crippen LogP contribution is 2.31. The molecule has 5 aromatic rings. The monoisotopic (exact) mass is 531 g/mol. The predicted octanol–water partition coefficient (Wildman–Crippen LogP) is 4.83. The molecule has 0 saturated heterocycles. The Bertz CT molecular complexity index is 1610. The molecule has 10 heteroatoms. The van der Waals surface area contributed by atoms with Crippen molar-refractivity contribution in [2.24, 2.45) is 0 Å². The molecule has 8 nitrogen and oxygen atoms in total. The molecular weight excluding hydrogens is 510 g/mol. The fourth-order valence-electron chi connectivity index (χ4n) is 3.89. The van der Waals surface area contributed by atoms with Crippen molar-refractivity contribution in [3.63, 3.8) is 0 Å². The fraction of sp³-hybridized carbons (Fsp3) is 0.111. The second-order valence-electron chi connectivity index (χ2n) is 8.23. The van der Waals surface area contributed by atoms with Gasteiger partial charge in [0.25, 0.3) is 0 Å². The van der Waals surface area contributed by atoms with Crippen LogP contribution in [0.2, 0.25) is 5.15 Å². The lowest BCUT2D eigenvalue weighted by Gasteiger charge is -2.13. The first-order valence-corrected chi connectivity index (χ1v) is 12.9. The van der Waals surface area contributed by atoms with Crippen LogP contribution in [0.3, 0.4) is 0 Å². The molecule has 0 spiro atoms. The molecule has 2 aromatic carbocycles. The third kappa shape index (κ3) is 5.50. The highest BCUT2D eigenvalue weighted by atomic mass is 35.5. The molecule has 5 rings (SSSR count). The van der Waals surface area contributed by atoms with E-state index in [0.29, 0.717) is 44.1 Å². The second-order valence-corrected chi connectivity index (χ2v) is 9.91. The summed E-state index contributed by atoms with van der Waals surface area (Å²) in [7, 11) is 1.57. The van der Waals surface area contributed by atoms with Crippen LogP contribution in [0.1, 0.15) is 11.4 Å². The molecule has 0 aliphatic heterocycles. The first kappa shape index (κ1) is 24.9. The van der Waals surface area contributed by atoms with E-state index in [9.17, 15) is 9.35 Å². The number of pyridine rings is 2. The van der Waals surface area contributed by atoms with E-state index >= 15 is 0 Å². The van der Waals surface area contributed by atoms with Gasteiger partial charge in [0.05, 0.1) is 36.4 Å². The molecule has 0 radical (unpaired) electrons. The zero-order valence-corrected chi connectivity index (χ0v) is 21.6. The van der Waals surface area contributed by atoms with Crippen molar-refractivity contribution in [3.8, 4) is 28.3 Å². The van der Waals surface area contributed by atoms with Crippen molar-refractivity contribution in [2.75, 3.05) is 7.11 Å². The first-order valence-electron chi connectivity index (χ1n) is 11.3. The highest BCUT2D eigenvalue weighted by molar-refractivity contribution is 7.89. The van der Waals surface area contributed by atoms with E-state index in [1.807, 2.05) is 43.3 Å². The van der Waals surface area contributed by atoms with E-state index in [4.69, 9.17) is 26.3 Å². The maximum Gasteiger partial charge on any atom is 0.209 e. The summed E-state index contributed by atoms with van der Waals surface area (Å²) < 4.78 is 20.8. The molecule has 3 heterocycles. The Morgan fingerprint density at radius 3 is 2.41 bits per heavy atom. The third-order valence-corrected chi connectivity index (χ3v) is 6.92. The molecule has 0 saturated carbocycles. The van der Waals surface area contributed by atoms with Gasteiger partial charge in [0.15, 0.2) is 16.1 Å². The Hall–Kier alpha value is -3.76. The van der Waals surface area contributed by atoms with E-state index < -0.39 is 11.4 Å². The SMILES string of the molecule is COc1ccc([S+]([O-])NCc2cc(=O)c3nc(-c4cc(C)nc(Cl)c4)c(-c4ccccc4)nc3[nH]2)cc1. The zero-order valence-electron chi connectivity index (χ0n) is 20.0. The smallest absolute Gasteiger partial charge is 0.209 e. The van der Waals surface area contributed by atoms with Gasteiger partial charge < -0.3 is 14.3 Å². The fourth-order valence-corrected chi connectivity index (χ4v) is 4.98. The number of rotatable bonds is 7. The Morgan fingerprint density at radius 1 is 0.973 bits per heavy atom. The minimum atomic E-state index is -1.48. The molecule has 1 unspecified atom stereocenters. The number of benzene rings is 2. The molecule has 0 aliphatic carbocycles. The molecule has 2 N–H and O–H groups in total. The van der Waals surface area contributed by atoms with Crippen molar-refractivity contribution < 1.29 is 9.29 Å². The van der Waals surface area contributed by atoms with Crippen molar-refractivity contribution in [3.05, 3.63) is 99.6 Å². The first-order chi connectivity index (χ1) is 17.9. The predicted molar refractivity (Wildman–Crippen MR) is 145 cm³/mol. The lowest BCUT2D eigenvalue weighted by Crippen LogP contribution is -2.24. The number of fused-ring (bicyclic) bond motifs is 1. The van der Waals surface area contributed by atoms with Crippen LogP contribution >= 0.6 is 11.6 Å². The molecule has 0 aliphatic rings. The minimum absolute atomic E-state index is 0.160. The maximum absolute atomic E-state index is 13.1. The summed E-state index contributed by atoms with van der Waals surface area (Å²) in [6.45, 7) is 2.00. The van der Waals surface area contributed by atoms with Crippen LogP contribution in [0.25, 0.3) is 33.7 Å². The van der Waals surface area contributed by atoms with Crippen molar-refractivity contribution in [1.82, 2.24) is 24.7 Å². The van der Waals surface area contributed by atoms with Gasteiger partial charge in [0.2, 0.25) is 5.43 Å². The summed E-state index contributed by atoms with van der Waals surface area (Å²) >= 11 is 4.74. The minimum Gasteiger partial charge on any atom is -0.593 e. The molecule has 0 amide bonds. The molecule has 1 atom stereocenters. The molecule has 0 bridgehead atoms. The Kier molecular flexibility index (Phi) is 7.20. The summed E-state index contributed by atoms with van der Waals surface area (Å²) in [5.41, 5.74) is 4.16. The number of hydrogen-bond donors (Lipinski definition) is 2. The van der Waals surface area contributed by atoms with E-state index in [0.717, 1.165) is 11.3 Å². The zero-order chi connectivity index (χ0) is 25.9. The molecule has 0 fully saturated rings. The maximum atomic E-state index is 13.1. The number of aromatic amines is 1. The largest absolute Gasteiger partial charge is 0.593 e. The lowest BCUT2D eigenvalue weighted by atomic mass is 10.0. The van der Waals surface area contributed by atoms with E-state index in [1.54, 1.807) is 37.4 Å². The normalized spacial score (nSPS) is 12.0. The van der Waals surface area contributed by atoms with Gasteiger partial charge in [-0.3, -0.25) is 4.79 Å². The summed E-state index contributed by atoms with van der Waals surface area (Å²) in [5.74, 6) is 0.677. The van der Waals surface area contributed by atoms with Gasteiger partial charge in [0, 0.05) is 28.6 Å². The van der Waals surface area contributed by atoms with Crippen LogP contribution in [0.4, 0.5) is 0 Å². The van der Waals surface area contributed by atoms with Gasteiger partial charge in [0.1, 0.15) is 10.9 Å². The van der Waals surface area contributed by atoms with Gasteiger partial charge in [-0.25, -0.2) is 15.0 Å². The summed E-state index contributed by atoms with van der Waals surface area (Å²) in [5, 5.41) is 0.330. The summed E-state index contributed by atoms with van der Waals surface area (Å²) in [6, 6.07) is 21.5. The summed E-state index contributed by atoms with van der Waals surface area (Å²) in [4.78, 5) is 30.6. The topological polar surface area (TPSA) is 116 Å². The Balaban J connectivity index is 1.53. The number of H-pyrrole nitrogens is 1. The van der Waals surface area contributed by atoms with Crippen LogP contribution in [-0.4, -0.2) is 31.6 Å². The van der Waals surface area contributed by atoms with Crippen LogP contribution in [0.5, 0.6) is 5.75 Å². The number of ether oxygens (including phenoxy) is 1. The Labute approximate surface area is 221 Å². The van der Waals surface area contributed by atoms with Crippen LogP contribution in [-0.2, 0) is 17.9 Å². The Morgan fingerprint density at radius 2 is 1.70 bits per heavy atom. The van der Waals surface area contributed by atoms with E-state index in [2.05, 4.69) is 14.7 Å². The highest BCUT2D eigenvalue weighted by Gasteiger charge is 2.18.